The largest absolute Gasteiger partial charge is 0.341 e. The van der Waals surface area contributed by atoms with Crippen LogP contribution in [-0.4, -0.2) is 33.9 Å². The van der Waals surface area contributed by atoms with Crippen molar-refractivity contribution in [3.63, 3.8) is 0 Å². The second-order valence-electron chi connectivity index (χ2n) is 8.44. The number of imidazole rings is 1. The van der Waals surface area contributed by atoms with Crippen molar-refractivity contribution >= 4 is 11.6 Å². The van der Waals surface area contributed by atoms with E-state index in [1.54, 1.807) is 0 Å². The van der Waals surface area contributed by atoms with Gasteiger partial charge in [-0.3, -0.25) is 9.69 Å². The zero-order valence-corrected chi connectivity index (χ0v) is 17.8. The second-order valence-corrected chi connectivity index (χ2v) is 8.44. The fourth-order valence-electron chi connectivity index (χ4n) is 4.00. The number of H-pyrrole nitrogens is 1. The second kappa shape index (κ2) is 9.26. The van der Waals surface area contributed by atoms with Crippen LogP contribution < -0.4 is 5.32 Å². The lowest BCUT2D eigenvalue weighted by atomic mass is 9.89. The van der Waals surface area contributed by atoms with Crippen LogP contribution >= 0.6 is 0 Å². The number of rotatable bonds is 6. The van der Waals surface area contributed by atoms with Crippen molar-refractivity contribution in [1.29, 1.82) is 0 Å². The van der Waals surface area contributed by atoms with Crippen LogP contribution in [0.2, 0.25) is 0 Å². The van der Waals surface area contributed by atoms with E-state index in [0.717, 1.165) is 55.2 Å². The van der Waals surface area contributed by atoms with E-state index >= 15 is 0 Å². The van der Waals surface area contributed by atoms with Gasteiger partial charge in [-0.05, 0) is 49.5 Å². The molecular formula is C25H30N4O. The molecule has 1 saturated heterocycles. The van der Waals surface area contributed by atoms with E-state index in [1.165, 1.54) is 5.56 Å². The average Bonchev–Trinajstić information content (AvgIpc) is 3.23. The minimum atomic E-state index is -0.0122. The number of aromatic amines is 1. The van der Waals surface area contributed by atoms with Crippen LogP contribution in [0, 0.1) is 5.92 Å². The Kier molecular flexibility index (Phi) is 6.29. The van der Waals surface area contributed by atoms with E-state index in [1.807, 2.05) is 50.4 Å². The Hall–Kier alpha value is -2.92. The topological polar surface area (TPSA) is 61.0 Å². The van der Waals surface area contributed by atoms with Gasteiger partial charge >= 0.3 is 0 Å². The number of amides is 1. The number of benzene rings is 2. The molecule has 1 aliphatic heterocycles. The molecule has 0 atom stereocenters. The predicted molar refractivity (Wildman–Crippen MR) is 121 cm³/mol. The molecule has 30 heavy (non-hydrogen) atoms. The van der Waals surface area contributed by atoms with Crippen molar-refractivity contribution < 1.29 is 4.79 Å². The number of nitrogens with zero attached hydrogens (tertiary/aromatic N) is 2. The van der Waals surface area contributed by atoms with E-state index < -0.39 is 0 Å². The quantitative estimate of drug-likeness (QED) is 0.606. The predicted octanol–water partition coefficient (Wildman–Crippen LogP) is 5.05. The Bertz CT molecular complexity index is 972. The van der Waals surface area contributed by atoms with Crippen molar-refractivity contribution in [2.45, 2.75) is 39.2 Å². The molecular weight excluding hydrogens is 372 g/mol. The maximum Gasteiger partial charge on any atom is 0.226 e. The number of carbonyl (C=O) groups excluding carboxylic acids is 1. The van der Waals surface area contributed by atoms with E-state index in [0.29, 0.717) is 5.92 Å². The SMILES string of the molecule is CC(C)C(=O)Nc1cccc(C2CCN(Cc3cnc(-c4ccccc4)[nH]3)CC2)c1. The Morgan fingerprint density at radius 3 is 2.63 bits per heavy atom. The lowest BCUT2D eigenvalue weighted by Crippen LogP contribution is -2.32. The molecule has 2 aromatic carbocycles. The summed E-state index contributed by atoms with van der Waals surface area (Å²) in [5.41, 5.74) is 4.50. The van der Waals surface area contributed by atoms with Gasteiger partial charge in [0, 0.05) is 35.6 Å². The summed E-state index contributed by atoms with van der Waals surface area (Å²) in [4.78, 5) is 22.5. The minimum Gasteiger partial charge on any atom is -0.341 e. The van der Waals surface area contributed by atoms with Crippen LogP contribution in [0.1, 0.15) is 43.9 Å². The van der Waals surface area contributed by atoms with Crippen LogP contribution in [0.4, 0.5) is 5.69 Å². The number of carbonyl (C=O) groups is 1. The van der Waals surface area contributed by atoms with Gasteiger partial charge in [0.15, 0.2) is 0 Å². The van der Waals surface area contributed by atoms with Gasteiger partial charge in [-0.25, -0.2) is 4.98 Å². The first-order chi connectivity index (χ1) is 14.6. The summed E-state index contributed by atoms with van der Waals surface area (Å²) in [5.74, 6) is 1.53. The molecule has 4 rings (SSSR count). The van der Waals surface area contributed by atoms with Crippen molar-refractivity contribution in [2.24, 2.45) is 5.92 Å². The van der Waals surface area contributed by atoms with E-state index in [4.69, 9.17) is 0 Å². The lowest BCUT2D eigenvalue weighted by Gasteiger charge is -2.32. The summed E-state index contributed by atoms with van der Waals surface area (Å²) in [6.07, 6.45) is 4.21. The summed E-state index contributed by atoms with van der Waals surface area (Å²) in [5, 5.41) is 3.02. The summed E-state index contributed by atoms with van der Waals surface area (Å²) < 4.78 is 0. The van der Waals surface area contributed by atoms with Gasteiger partial charge in [0.25, 0.3) is 0 Å². The Morgan fingerprint density at radius 2 is 1.90 bits per heavy atom. The van der Waals surface area contributed by atoms with Gasteiger partial charge < -0.3 is 10.3 Å². The number of likely N-dealkylation sites (tertiary alicyclic amines) is 1. The molecule has 0 unspecified atom stereocenters. The van der Waals surface area contributed by atoms with Gasteiger partial charge in [-0.1, -0.05) is 56.3 Å². The summed E-state index contributed by atoms with van der Waals surface area (Å²) >= 11 is 0. The molecule has 0 saturated carbocycles. The number of anilines is 1. The highest BCUT2D eigenvalue weighted by atomic mass is 16.1. The molecule has 3 aromatic rings. The molecule has 1 aromatic heterocycles. The Balaban J connectivity index is 1.32. The zero-order chi connectivity index (χ0) is 20.9. The van der Waals surface area contributed by atoms with Gasteiger partial charge in [-0.2, -0.15) is 0 Å². The Labute approximate surface area is 178 Å². The third-order valence-electron chi connectivity index (χ3n) is 5.81. The number of hydrogen-bond donors (Lipinski definition) is 2. The number of nitrogens with one attached hydrogen (secondary N) is 2. The summed E-state index contributed by atoms with van der Waals surface area (Å²) in [6, 6.07) is 18.6. The highest BCUT2D eigenvalue weighted by molar-refractivity contribution is 5.92. The molecule has 1 aliphatic rings. The first-order valence-corrected chi connectivity index (χ1v) is 10.8. The highest BCUT2D eigenvalue weighted by Gasteiger charge is 2.21. The summed E-state index contributed by atoms with van der Waals surface area (Å²) in [6.45, 7) is 6.85. The van der Waals surface area contributed by atoms with Crippen molar-refractivity contribution in [1.82, 2.24) is 14.9 Å². The first kappa shape index (κ1) is 20.4. The third kappa shape index (κ3) is 4.97. The van der Waals surface area contributed by atoms with Crippen LogP contribution in [-0.2, 0) is 11.3 Å². The monoisotopic (exact) mass is 402 g/mol. The molecule has 5 heteroatoms. The molecule has 156 valence electrons. The van der Waals surface area contributed by atoms with E-state index in [2.05, 4.69) is 44.5 Å². The smallest absolute Gasteiger partial charge is 0.226 e. The van der Waals surface area contributed by atoms with Gasteiger partial charge in [0.2, 0.25) is 5.91 Å². The van der Waals surface area contributed by atoms with Gasteiger partial charge in [-0.15, -0.1) is 0 Å². The molecule has 1 fully saturated rings. The van der Waals surface area contributed by atoms with Crippen LogP contribution in [0.5, 0.6) is 0 Å². The fraction of sp³-hybridized carbons (Fsp3) is 0.360. The molecule has 0 radical (unpaired) electrons. The number of aromatic nitrogens is 2. The third-order valence-corrected chi connectivity index (χ3v) is 5.81. The number of piperidine rings is 1. The molecule has 0 bridgehead atoms. The normalized spacial score (nSPS) is 15.4. The zero-order valence-electron chi connectivity index (χ0n) is 17.8. The highest BCUT2D eigenvalue weighted by Crippen LogP contribution is 2.30. The van der Waals surface area contributed by atoms with Gasteiger partial charge in [0.1, 0.15) is 5.82 Å². The average molecular weight is 403 g/mol. The molecule has 0 spiro atoms. The Morgan fingerprint density at radius 1 is 1.13 bits per heavy atom. The van der Waals surface area contributed by atoms with Crippen molar-refractivity contribution in [3.8, 4) is 11.4 Å². The van der Waals surface area contributed by atoms with Crippen molar-refractivity contribution in [2.75, 3.05) is 18.4 Å². The van der Waals surface area contributed by atoms with Crippen LogP contribution in [0.15, 0.2) is 60.8 Å². The molecule has 1 amide bonds. The molecule has 2 N–H and O–H groups in total. The maximum absolute atomic E-state index is 12.0. The van der Waals surface area contributed by atoms with E-state index in [-0.39, 0.29) is 11.8 Å². The molecule has 2 heterocycles. The minimum absolute atomic E-state index is 0.0122. The maximum atomic E-state index is 12.0. The first-order valence-electron chi connectivity index (χ1n) is 10.8. The van der Waals surface area contributed by atoms with Crippen LogP contribution in [0.25, 0.3) is 11.4 Å². The molecule has 0 aliphatic carbocycles. The van der Waals surface area contributed by atoms with E-state index in [9.17, 15) is 4.79 Å². The van der Waals surface area contributed by atoms with Crippen molar-refractivity contribution in [3.05, 3.63) is 72.1 Å². The molecule has 5 nitrogen and oxygen atoms in total. The fourth-order valence-corrected chi connectivity index (χ4v) is 4.00. The summed E-state index contributed by atoms with van der Waals surface area (Å²) in [7, 11) is 0. The van der Waals surface area contributed by atoms with Crippen LogP contribution in [0.3, 0.4) is 0 Å². The number of hydrogen-bond acceptors (Lipinski definition) is 3. The standard InChI is InChI=1S/C25H30N4O/c1-18(2)25(30)28-22-10-6-9-21(15-22)19-11-13-29(14-12-19)17-23-16-26-24(27-23)20-7-4-3-5-8-20/h3-10,15-16,18-19H,11-14,17H2,1-2H3,(H,26,27)(H,28,30). The van der Waals surface area contributed by atoms with Gasteiger partial charge in [0.05, 0.1) is 0 Å². The lowest BCUT2D eigenvalue weighted by molar-refractivity contribution is -0.118.